The predicted molar refractivity (Wildman–Crippen MR) is 122 cm³/mol. The Morgan fingerprint density at radius 3 is 2.13 bits per heavy atom. The fraction of sp³-hybridized carbons (Fsp3) is 0.680. The van der Waals surface area contributed by atoms with Crippen molar-refractivity contribution < 1.29 is 18.7 Å². The van der Waals surface area contributed by atoms with Crippen molar-refractivity contribution in [2.75, 3.05) is 11.4 Å². The van der Waals surface area contributed by atoms with Gasteiger partial charge in [-0.2, -0.15) is 0 Å². The van der Waals surface area contributed by atoms with Gasteiger partial charge in [0.05, 0.1) is 11.1 Å². The molecule has 0 radical (unpaired) electrons. The molecule has 0 saturated heterocycles. The van der Waals surface area contributed by atoms with E-state index in [1.807, 2.05) is 20.8 Å². The van der Waals surface area contributed by atoms with Crippen LogP contribution in [0.4, 0.5) is 14.9 Å². The Bertz CT molecular complexity index is 739. The molecule has 0 aliphatic heterocycles. The molecule has 0 aromatic heterocycles. The minimum Gasteiger partial charge on any atom is -0.443 e. The molecule has 1 rings (SSSR count). The van der Waals surface area contributed by atoms with E-state index in [4.69, 9.17) is 4.74 Å². The van der Waals surface area contributed by atoms with Gasteiger partial charge in [0.1, 0.15) is 17.2 Å². The normalized spacial score (nSPS) is 13.6. The van der Waals surface area contributed by atoms with E-state index in [0.717, 1.165) is 31.2 Å². The van der Waals surface area contributed by atoms with Crippen molar-refractivity contribution in [3.05, 3.63) is 29.1 Å². The number of benzene rings is 1. The van der Waals surface area contributed by atoms with Crippen molar-refractivity contribution in [2.45, 2.75) is 105 Å². The lowest BCUT2D eigenvalue weighted by molar-refractivity contribution is -0.122. The van der Waals surface area contributed by atoms with E-state index in [1.54, 1.807) is 27.7 Å². The topological polar surface area (TPSA) is 46.6 Å². The zero-order valence-electron chi connectivity index (χ0n) is 20.2. The minimum atomic E-state index is -0.791. The summed E-state index contributed by atoms with van der Waals surface area (Å²) in [6.45, 7) is 15.1. The Balaban J connectivity index is 3.34. The van der Waals surface area contributed by atoms with Gasteiger partial charge in [-0.25, -0.2) is 9.18 Å². The molecule has 0 spiro atoms. The van der Waals surface area contributed by atoms with E-state index < -0.39 is 22.9 Å². The number of nitrogens with zero attached hydrogens (tertiary/aromatic N) is 1. The SMILES string of the molecule is CCCCCCCC(C)(C(C)=O)c1cc(F)cc(N(CC)C(=O)OC(C)(C)C)c1C. The van der Waals surface area contributed by atoms with Crippen LogP contribution < -0.4 is 4.90 Å². The van der Waals surface area contributed by atoms with Crippen molar-refractivity contribution >= 4 is 17.6 Å². The number of carbonyl (C=O) groups is 2. The molecule has 0 aliphatic carbocycles. The maximum absolute atomic E-state index is 14.7. The number of halogens is 1. The lowest BCUT2D eigenvalue weighted by Crippen LogP contribution is -2.38. The average molecular weight is 422 g/mol. The number of rotatable bonds is 10. The van der Waals surface area contributed by atoms with Gasteiger partial charge in [0.2, 0.25) is 0 Å². The minimum absolute atomic E-state index is 0.0120. The van der Waals surface area contributed by atoms with E-state index in [1.165, 1.54) is 23.5 Å². The lowest BCUT2D eigenvalue weighted by atomic mass is 9.73. The molecular formula is C25H40FNO3. The van der Waals surface area contributed by atoms with Gasteiger partial charge in [-0.3, -0.25) is 9.69 Å². The highest BCUT2D eigenvalue weighted by Crippen LogP contribution is 2.38. The van der Waals surface area contributed by atoms with Crippen molar-refractivity contribution in [1.82, 2.24) is 0 Å². The Morgan fingerprint density at radius 2 is 1.63 bits per heavy atom. The van der Waals surface area contributed by atoms with Gasteiger partial charge in [0, 0.05) is 6.54 Å². The van der Waals surface area contributed by atoms with Crippen LogP contribution in [0.1, 0.15) is 98.1 Å². The van der Waals surface area contributed by atoms with Crippen molar-refractivity contribution in [1.29, 1.82) is 0 Å². The zero-order chi connectivity index (χ0) is 23.1. The number of ether oxygens (including phenoxy) is 1. The Kier molecular flexibility index (Phi) is 9.51. The monoisotopic (exact) mass is 421 g/mol. The molecule has 4 nitrogen and oxygen atoms in total. The quantitative estimate of drug-likeness (QED) is 0.378. The van der Waals surface area contributed by atoms with Crippen LogP contribution in [0.5, 0.6) is 0 Å². The summed E-state index contributed by atoms with van der Waals surface area (Å²) in [6, 6.07) is 2.81. The standard InChI is InChI=1S/C25H40FNO3/c1-9-11-12-13-14-15-25(8,19(4)28)21-16-20(26)17-22(18(21)3)27(10-2)23(29)30-24(5,6)7/h16-17H,9-15H2,1-8H3. The van der Waals surface area contributed by atoms with E-state index in [2.05, 4.69) is 6.92 Å². The lowest BCUT2D eigenvalue weighted by Gasteiger charge is -2.33. The summed E-state index contributed by atoms with van der Waals surface area (Å²) in [6.07, 6.45) is 5.58. The summed E-state index contributed by atoms with van der Waals surface area (Å²) in [7, 11) is 0. The molecule has 0 heterocycles. The van der Waals surface area contributed by atoms with E-state index in [0.29, 0.717) is 24.2 Å². The van der Waals surface area contributed by atoms with Crippen LogP contribution in [-0.4, -0.2) is 24.0 Å². The molecule has 30 heavy (non-hydrogen) atoms. The van der Waals surface area contributed by atoms with E-state index in [9.17, 15) is 14.0 Å². The molecule has 1 amide bonds. The molecule has 0 N–H and O–H groups in total. The Morgan fingerprint density at radius 1 is 1.03 bits per heavy atom. The largest absolute Gasteiger partial charge is 0.443 e. The summed E-state index contributed by atoms with van der Waals surface area (Å²) < 4.78 is 20.2. The van der Waals surface area contributed by atoms with Crippen LogP contribution in [-0.2, 0) is 14.9 Å². The molecule has 0 bridgehead atoms. The first-order valence-corrected chi connectivity index (χ1v) is 11.2. The van der Waals surface area contributed by atoms with Crippen LogP contribution in [0.2, 0.25) is 0 Å². The fourth-order valence-corrected chi connectivity index (χ4v) is 3.82. The van der Waals surface area contributed by atoms with Gasteiger partial charge in [0.15, 0.2) is 0 Å². The molecule has 0 fully saturated rings. The van der Waals surface area contributed by atoms with E-state index in [-0.39, 0.29) is 5.78 Å². The maximum Gasteiger partial charge on any atom is 0.414 e. The second-order valence-electron chi connectivity index (χ2n) is 9.37. The smallest absolute Gasteiger partial charge is 0.414 e. The maximum atomic E-state index is 14.7. The number of hydrogen-bond acceptors (Lipinski definition) is 3. The first kappa shape index (κ1) is 26.1. The van der Waals surface area contributed by atoms with Gasteiger partial charge in [0.25, 0.3) is 0 Å². The number of unbranched alkanes of at least 4 members (excludes halogenated alkanes) is 4. The Hall–Kier alpha value is -1.91. The molecule has 1 aromatic carbocycles. The number of anilines is 1. The fourth-order valence-electron chi connectivity index (χ4n) is 3.82. The molecule has 1 unspecified atom stereocenters. The third-order valence-electron chi connectivity index (χ3n) is 5.72. The highest BCUT2D eigenvalue weighted by Gasteiger charge is 2.35. The number of carbonyl (C=O) groups excluding carboxylic acids is 2. The number of Topliss-reactive ketones (excluding diaryl/α,β-unsaturated/α-hetero) is 1. The summed E-state index contributed by atoms with van der Waals surface area (Å²) in [5, 5.41) is 0. The van der Waals surface area contributed by atoms with Gasteiger partial charge in [-0.15, -0.1) is 0 Å². The molecule has 0 saturated carbocycles. The summed E-state index contributed by atoms with van der Waals surface area (Å²) in [5.41, 5.74) is 0.416. The van der Waals surface area contributed by atoms with Gasteiger partial charge < -0.3 is 4.74 Å². The van der Waals surface area contributed by atoms with Crippen LogP contribution in [0.15, 0.2) is 12.1 Å². The van der Waals surface area contributed by atoms with Crippen LogP contribution in [0.25, 0.3) is 0 Å². The summed E-state index contributed by atoms with van der Waals surface area (Å²) >= 11 is 0. The zero-order valence-corrected chi connectivity index (χ0v) is 20.2. The first-order valence-electron chi connectivity index (χ1n) is 11.2. The average Bonchev–Trinajstić information content (AvgIpc) is 2.62. The predicted octanol–water partition coefficient (Wildman–Crippen LogP) is 7.10. The number of amides is 1. The summed E-state index contributed by atoms with van der Waals surface area (Å²) in [4.78, 5) is 26.9. The molecule has 1 atom stereocenters. The van der Waals surface area contributed by atoms with E-state index >= 15 is 0 Å². The second-order valence-corrected chi connectivity index (χ2v) is 9.37. The molecular weight excluding hydrogens is 381 g/mol. The van der Waals surface area contributed by atoms with Crippen LogP contribution >= 0.6 is 0 Å². The third kappa shape index (κ3) is 6.82. The highest BCUT2D eigenvalue weighted by atomic mass is 19.1. The third-order valence-corrected chi connectivity index (χ3v) is 5.72. The van der Waals surface area contributed by atoms with Crippen molar-refractivity contribution in [3.63, 3.8) is 0 Å². The highest BCUT2D eigenvalue weighted by molar-refractivity contribution is 5.92. The van der Waals surface area contributed by atoms with Gasteiger partial charge in [-0.1, -0.05) is 39.0 Å². The van der Waals surface area contributed by atoms with Gasteiger partial charge >= 0.3 is 6.09 Å². The van der Waals surface area contributed by atoms with Crippen molar-refractivity contribution in [2.24, 2.45) is 0 Å². The van der Waals surface area contributed by atoms with Crippen LogP contribution in [0.3, 0.4) is 0 Å². The Labute approximate surface area is 182 Å². The van der Waals surface area contributed by atoms with Gasteiger partial charge in [-0.05, 0) is 78.1 Å². The molecule has 5 heteroatoms. The summed E-state index contributed by atoms with van der Waals surface area (Å²) in [5.74, 6) is -0.441. The molecule has 170 valence electrons. The number of hydrogen-bond donors (Lipinski definition) is 0. The van der Waals surface area contributed by atoms with Crippen LogP contribution in [0, 0.1) is 12.7 Å². The molecule has 0 aliphatic rings. The molecule has 1 aromatic rings. The van der Waals surface area contributed by atoms with Crippen molar-refractivity contribution in [3.8, 4) is 0 Å². The second kappa shape index (κ2) is 10.9. The first-order chi connectivity index (χ1) is 13.9. The number of ketones is 1.